The van der Waals surface area contributed by atoms with Crippen LogP contribution in [0.4, 0.5) is 10.8 Å². The molecule has 7 nitrogen and oxygen atoms in total. The number of hydrogen-bond acceptors (Lipinski definition) is 7. The number of thiophene rings is 1. The first-order valence-electron chi connectivity index (χ1n) is 8.13. The molecule has 0 aliphatic carbocycles. The third-order valence-corrected chi connectivity index (χ3v) is 5.91. The van der Waals surface area contributed by atoms with Crippen LogP contribution in [-0.4, -0.2) is 22.9 Å². The van der Waals surface area contributed by atoms with Gasteiger partial charge >= 0.3 is 0 Å². The van der Waals surface area contributed by atoms with Gasteiger partial charge in [-0.1, -0.05) is 12.1 Å². The number of fused-ring (bicyclic) bond motifs is 1. The van der Waals surface area contributed by atoms with Crippen LogP contribution in [0.25, 0.3) is 21.3 Å². The van der Waals surface area contributed by atoms with Crippen molar-refractivity contribution >= 4 is 49.5 Å². The first-order valence-corrected chi connectivity index (χ1v) is 9.83. The molecule has 0 unspecified atom stereocenters. The van der Waals surface area contributed by atoms with Gasteiger partial charge in [-0.25, -0.2) is 4.98 Å². The van der Waals surface area contributed by atoms with Crippen molar-refractivity contribution in [1.29, 1.82) is 0 Å². The Kier molecular flexibility index (Phi) is 4.76. The lowest BCUT2D eigenvalue weighted by atomic mass is 10.1. The number of amides is 1. The molecule has 0 bridgehead atoms. The third kappa shape index (κ3) is 3.45. The summed E-state index contributed by atoms with van der Waals surface area (Å²) in [5.41, 5.74) is 1.55. The minimum atomic E-state index is -0.453. The second-order valence-corrected chi connectivity index (χ2v) is 7.72. The Balaban J connectivity index is 1.56. The van der Waals surface area contributed by atoms with Crippen molar-refractivity contribution in [3.8, 4) is 17.0 Å². The van der Waals surface area contributed by atoms with Gasteiger partial charge in [0.05, 0.1) is 22.6 Å². The minimum absolute atomic E-state index is 0.00127. The Morgan fingerprint density at radius 2 is 2.04 bits per heavy atom. The number of para-hydroxylation sites is 1. The van der Waals surface area contributed by atoms with Crippen molar-refractivity contribution in [2.45, 2.75) is 0 Å². The van der Waals surface area contributed by atoms with Crippen LogP contribution in [0, 0.1) is 10.1 Å². The summed E-state index contributed by atoms with van der Waals surface area (Å²) in [5, 5.41) is 16.7. The van der Waals surface area contributed by atoms with E-state index in [1.54, 1.807) is 19.2 Å². The van der Waals surface area contributed by atoms with E-state index in [1.165, 1.54) is 34.8 Å². The summed E-state index contributed by atoms with van der Waals surface area (Å²) in [6.07, 6.45) is 0. The molecule has 2 heterocycles. The number of anilines is 1. The Bertz CT molecular complexity index is 1200. The van der Waals surface area contributed by atoms with Gasteiger partial charge in [0.25, 0.3) is 11.6 Å². The number of ether oxygens (including phenoxy) is 1. The Morgan fingerprint density at radius 1 is 1.21 bits per heavy atom. The van der Waals surface area contributed by atoms with Crippen molar-refractivity contribution in [1.82, 2.24) is 4.98 Å². The molecule has 0 fully saturated rings. The molecule has 4 aromatic rings. The lowest BCUT2D eigenvalue weighted by Crippen LogP contribution is -2.09. The molecule has 0 saturated heterocycles. The van der Waals surface area contributed by atoms with Gasteiger partial charge in [0.2, 0.25) is 0 Å². The van der Waals surface area contributed by atoms with Crippen molar-refractivity contribution in [3.05, 3.63) is 68.9 Å². The van der Waals surface area contributed by atoms with E-state index in [0.29, 0.717) is 26.8 Å². The largest absolute Gasteiger partial charge is 0.496 e. The molecular formula is C19H13N3O4S2. The number of benzene rings is 2. The fourth-order valence-corrected chi connectivity index (χ4v) is 4.37. The van der Waals surface area contributed by atoms with Gasteiger partial charge in [0.1, 0.15) is 5.75 Å². The molecule has 9 heteroatoms. The first-order chi connectivity index (χ1) is 13.5. The number of non-ortho nitro benzene ring substituents is 1. The highest BCUT2D eigenvalue weighted by atomic mass is 32.1. The maximum atomic E-state index is 12.6. The molecule has 0 atom stereocenters. The molecule has 0 spiro atoms. The highest BCUT2D eigenvalue weighted by molar-refractivity contribution is 7.21. The number of nitrogens with zero attached hydrogens (tertiary/aromatic N) is 2. The Labute approximate surface area is 167 Å². The van der Waals surface area contributed by atoms with Crippen LogP contribution in [0.2, 0.25) is 0 Å². The molecule has 0 aliphatic heterocycles. The highest BCUT2D eigenvalue weighted by Gasteiger charge is 2.16. The van der Waals surface area contributed by atoms with Crippen LogP contribution in [0.1, 0.15) is 9.67 Å². The average Bonchev–Trinajstić information content (AvgIpc) is 3.34. The smallest absolute Gasteiger partial charge is 0.270 e. The van der Waals surface area contributed by atoms with Gasteiger partial charge in [0.15, 0.2) is 5.13 Å². The van der Waals surface area contributed by atoms with Gasteiger partial charge in [-0.2, -0.15) is 0 Å². The summed E-state index contributed by atoms with van der Waals surface area (Å²) in [6.45, 7) is 0. The summed E-state index contributed by atoms with van der Waals surface area (Å²) < 4.78 is 6.16. The number of thiazole rings is 1. The SMILES string of the molecule is COc1ccccc1-c1csc(NC(=O)c2cc3cc([N+](=O)[O-])ccc3s2)n1. The topological polar surface area (TPSA) is 94.4 Å². The molecule has 4 rings (SSSR count). The van der Waals surface area contributed by atoms with Gasteiger partial charge < -0.3 is 4.74 Å². The second kappa shape index (κ2) is 7.37. The number of carbonyl (C=O) groups excluding carboxylic acids is 1. The molecular weight excluding hydrogens is 398 g/mol. The maximum Gasteiger partial charge on any atom is 0.270 e. The first kappa shape index (κ1) is 18.1. The monoisotopic (exact) mass is 411 g/mol. The Hall–Kier alpha value is -3.30. The minimum Gasteiger partial charge on any atom is -0.496 e. The number of carbonyl (C=O) groups is 1. The number of aromatic nitrogens is 1. The molecule has 28 heavy (non-hydrogen) atoms. The van der Waals surface area contributed by atoms with Gasteiger partial charge in [-0.15, -0.1) is 22.7 Å². The van der Waals surface area contributed by atoms with E-state index in [4.69, 9.17) is 4.74 Å². The molecule has 2 aromatic carbocycles. The van der Waals surface area contributed by atoms with Crippen molar-refractivity contribution in [2.75, 3.05) is 12.4 Å². The van der Waals surface area contributed by atoms with Crippen LogP contribution < -0.4 is 10.1 Å². The van der Waals surface area contributed by atoms with E-state index in [2.05, 4.69) is 10.3 Å². The van der Waals surface area contributed by atoms with E-state index >= 15 is 0 Å². The predicted octanol–water partition coefficient (Wildman–Crippen LogP) is 5.19. The van der Waals surface area contributed by atoms with Gasteiger partial charge in [-0.3, -0.25) is 20.2 Å². The zero-order chi connectivity index (χ0) is 19.7. The number of nitro benzene ring substituents is 1. The maximum absolute atomic E-state index is 12.6. The van der Waals surface area contributed by atoms with E-state index in [9.17, 15) is 14.9 Å². The predicted molar refractivity (Wildman–Crippen MR) is 111 cm³/mol. The van der Waals surface area contributed by atoms with Gasteiger partial charge in [-0.05, 0) is 24.3 Å². The van der Waals surface area contributed by atoms with Crippen molar-refractivity contribution in [2.24, 2.45) is 0 Å². The van der Waals surface area contributed by atoms with E-state index < -0.39 is 4.92 Å². The van der Waals surface area contributed by atoms with Gasteiger partial charge in [0, 0.05) is 33.2 Å². The van der Waals surface area contributed by atoms with E-state index in [-0.39, 0.29) is 11.6 Å². The zero-order valence-corrected chi connectivity index (χ0v) is 16.2. The molecule has 2 aromatic heterocycles. The molecule has 140 valence electrons. The number of methoxy groups -OCH3 is 1. The number of nitrogens with one attached hydrogen (secondary N) is 1. The van der Waals surface area contributed by atoms with E-state index in [0.717, 1.165) is 10.3 Å². The summed E-state index contributed by atoms with van der Waals surface area (Å²) in [7, 11) is 1.60. The van der Waals surface area contributed by atoms with Crippen LogP contribution in [-0.2, 0) is 0 Å². The van der Waals surface area contributed by atoms with Crippen molar-refractivity contribution < 1.29 is 14.5 Å². The highest BCUT2D eigenvalue weighted by Crippen LogP contribution is 2.33. The summed E-state index contributed by atoms with van der Waals surface area (Å²) >= 11 is 2.59. The lowest BCUT2D eigenvalue weighted by Gasteiger charge is -2.04. The number of hydrogen-bond donors (Lipinski definition) is 1. The van der Waals surface area contributed by atoms with Crippen LogP contribution >= 0.6 is 22.7 Å². The summed E-state index contributed by atoms with van der Waals surface area (Å²) in [5.74, 6) is 0.404. The number of nitro groups is 1. The second-order valence-electron chi connectivity index (χ2n) is 5.78. The molecule has 1 N–H and O–H groups in total. The fraction of sp³-hybridized carbons (Fsp3) is 0.0526. The van der Waals surface area contributed by atoms with Crippen molar-refractivity contribution in [3.63, 3.8) is 0 Å². The Morgan fingerprint density at radius 3 is 2.82 bits per heavy atom. The molecule has 0 saturated carbocycles. The molecule has 0 radical (unpaired) electrons. The summed E-state index contributed by atoms with van der Waals surface area (Å²) in [6, 6.07) is 13.7. The molecule has 1 amide bonds. The average molecular weight is 411 g/mol. The molecule has 0 aliphatic rings. The quantitative estimate of drug-likeness (QED) is 0.360. The fourth-order valence-electron chi connectivity index (χ4n) is 2.73. The summed E-state index contributed by atoms with van der Waals surface area (Å²) in [4.78, 5) is 28.0. The lowest BCUT2D eigenvalue weighted by molar-refractivity contribution is -0.384. The third-order valence-electron chi connectivity index (χ3n) is 4.04. The zero-order valence-electron chi connectivity index (χ0n) is 14.5. The normalized spacial score (nSPS) is 10.8. The standard InChI is InChI=1S/C19H13N3O4S2/c1-26-15-5-3-2-4-13(15)14-10-27-19(20-14)21-18(23)17-9-11-8-12(22(24)25)6-7-16(11)28-17/h2-10H,1H3,(H,20,21,23). The van der Waals surface area contributed by atoms with Crippen LogP contribution in [0.3, 0.4) is 0 Å². The van der Waals surface area contributed by atoms with Crippen LogP contribution in [0.15, 0.2) is 53.9 Å². The van der Waals surface area contributed by atoms with E-state index in [1.807, 2.05) is 29.6 Å². The van der Waals surface area contributed by atoms with Crippen LogP contribution in [0.5, 0.6) is 5.75 Å². The number of rotatable bonds is 5.